The summed E-state index contributed by atoms with van der Waals surface area (Å²) in [7, 11) is 0. The minimum Gasteiger partial charge on any atom is -0.396 e. The summed E-state index contributed by atoms with van der Waals surface area (Å²) in [4.78, 5) is 0. The van der Waals surface area contributed by atoms with E-state index < -0.39 is 0 Å². The second kappa shape index (κ2) is 13.4. The summed E-state index contributed by atoms with van der Waals surface area (Å²) in [5.74, 6) is 0. The van der Waals surface area contributed by atoms with E-state index in [0.717, 1.165) is 39.3 Å². The molecule has 0 unspecified atom stereocenters. The van der Waals surface area contributed by atoms with Crippen molar-refractivity contribution in [3.8, 4) is 0 Å². The number of rotatable bonds is 2. The van der Waals surface area contributed by atoms with Crippen LogP contribution < -0.4 is 6.15 Å². The molecule has 0 bridgehead atoms. The predicted molar refractivity (Wildman–Crippen MR) is 48.7 cm³/mol. The minimum absolute atomic E-state index is 0. The maximum atomic E-state index is 8.07. The van der Waals surface area contributed by atoms with E-state index in [2.05, 4.69) is 6.92 Å². The van der Waals surface area contributed by atoms with Crippen molar-refractivity contribution in [2.75, 3.05) is 33.0 Å². The van der Waals surface area contributed by atoms with E-state index in [-0.39, 0.29) is 6.15 Å². The van der Waals surface area contributed by atoms with Gasteiger partial charge in [0.15, 0.2) is 0 Å². The van der Waals surface area contributed by atoms with Crippen LogP contribution >= 0.6 is 0 Å². The maximum Gasteiger partial charge on any atom is 0.0701 e. The number of hydrogen-bond donors (Lipinski definition) is 2. The van der Waals surface area contributed by atoms with Crippen LogP contribution in [0.1, 0.15) is 19.8 Å². The second-order valence-electron chi connectivity index (χ2n) is 2.30. The van der Waals surface area contributed by atoms with Gasteiger partial charge in [0.1, 0.15) is 0 Å². The molecule has 0 aliphatic carbocycles. The Morgan fingerprint density at radius 1 is 1.08 bits per heavy atom. The van der Waals surface area contributed by atoms with E-state index in [4.69, 9.17) is 14.6 Å². The van der Waals surface area contributed by atoms with E-state index in [1.807, 2.05) is 0 Å². The molecule has 0 aromatic heterocycles. The van der Waals surface area contributed by atoms with Crippen LogP contribution in [0.25, 0.3) is 0 Å². The van der Waals surface area contributed by atoms with Crippen LogP contribution in [0.5, 0.6) is 0 Å². The molecule has 0 aromatic carbocycles. The molecule has 1 aliphatic heterocycles. The zero-order valence-corrected chi connectivity index (χ0v) is 7.92. The molecule has 0 aromatic rings. The highest BCUT2D eigenvalue weighted by Crippen LogP contribution is 1.85. The summed E-state index contributed by atoms with van der Waals surface area (Å²) in [6, 6.07) is 0. The van der Waals surface area contributed by atoms with Crippen molar-refractivity contribution < 1.29 is 14.6 Å². The van der Waals surface area contributed by atoms with Gasteiger partial charge in [0.2, 0.25) is 0 Å². The number of hydrogen-bond acceptors (Lipinski definition) is 4. The summed E-state index contributed by atoms with van der Waals surface area (Å²) in [6.07, 6.45) is 2.04. The minimum atomic E-state index is 0. The first-order chi connectivity index (χ1) is 5.41. The van der Waals surface area contributed by atoms with E-state index >= 15 is 0 Å². The highest BCUT2D eigenvalue weighted by molar-refractivity contribution is 4.37. The lowest BCUT2D eigenvalue weighted by Gasteiger charge is -2.09. The van der Waals surface area contributed by atoms with Gasteiger partial charge >= 0.3 is 0 Å². The molecule has 0 saturated carbocycles. The molecular weight excluding hydrogens is 158 g/mol. The van der Waals surface area contributed by atoms with Gasteiger partial charge in [-0.05, 0) is 6.42 Å². The summed E-state index contributed by atoms with van der Waals surface area (Å²) in [5, 5.41) is 8.07. The van der Waals surface area contributed by atoms with Crippen LogP contribution in [-0.2, 0) is 9.47 Å². The Morgan fingerprint density at radius 3 is 1.58 bits per heavy atom. The van der Waals surface area contributed by atoms with E-state index in [1.165, 1.54) is 0 Å². The molecule has 12 heavy (non-hydrogen) atoms. The van der Waals surface area contributed by atoms with Gasteiger partial charge in [-0.1, -0.05) is 13.3 Å². The highest BCUT2D eigenvalue weighted by Gasteiger charge is 1.94. The fourth-order valence-electron chi connectivity index (χ4n) is 0.598. The largest absolute Gasteiger partial charge is 0.396 e. The summed E-state index contributed by atoms with van der Waals surface area (Å²) < 4.78 is 9.89. The Labute approximate surface area is 74.5 Å². The Bertz CT molecular complexity index is 53.8. The lowest BCUT2D eigenvalue weighted by atomic mass is 10.4. The van der Waals surface area contributed by atoms with Gasteiger partial charge in [0, 0.05) is 6.61 Å². The van der Waals surface area contributed by atoms with Crippen molar-refractivity contribution in [1.29, 1.82) is 0 Å². The molecule has 0 spiro atoms. The average molecular weight is 179 g/mol. The maximum absolute atomic E-state index is 8.07. The molecule has 1 rings (SSSR count). The Balaban J connectivity index is 0. The zero-order chi connectivity index (χ0) is 8.36. The molecule has 1 saturated heterocycles. The molecule has 1 heterocycles. The van der Waals surface area contributed by atoms with Crippen molar-refractivity contribution in [3.05, 3.63) is 0 Å². The van der Waals surface area contributed by atoms with Gasteiger partial charge in [-0.3, -0.25) is 0 Å². The fraction of sp³-hybridized carbons (Fsp3) is 1.00. The molecule has 1 aliphatic rings. The predicted octanol–water partition coefficient (Wildman–Crippen LogP) is 0.974. The van der Waals surface area contributed by atoms with Crippen LogP contribution in [0.15, 0.2) is 0 Å². The normalized spacial score (nSPS) is 15.5. The second-order valence-corrected chi connectivity index (χ2v) is 2.30. The van der Waals surface area contributed by atoms with Gasteiger partial charge in [-0.2, -0.15) is 0 Å². The Kier molecular flexibility index (Phi) is 16.1. The molecule has 0 amide bonds. The molecule has 4 heteroatoms. The smallest absolute Gasteiger partial charge is 0.0701 e. The third-order valence-electron chi connectivity index (χ3n) is 1.26. The number of aliphatic hydroxyl groups is 1. The van der Waals surface area contributed by atoms with Gasteiger partial charge in [-0.15, -0.1) is 0 Å². The molecule has 0 radical (unpaired) electrons. The standard InChI is InChI=1S/C4H8O2.C4H10O.H3N/c1-2-6-4-3-5-1;1-2-3-4-5;/h1-4H2;5H,2-4H2,1H3;1H3. The van der Waals surface area contributed by atoms with Gasteiger partial charge in [0.25, 0.3) is 0 Å². The Morgan fingerprint density at radius 2 is 1.50 bits per heavy atom. The molecule has 4 nitrogen and oxygen atoms in total. The quantitative estimate of drug-likeness (QED) is 0.662. The van der Waals surface area contributed by atoms with Crippen LogP contribution in [0.4, 0.5) is 0 Å². The molecule has 4 N–H and O–H groups in total. The van der Waals surface area contributed by atoms with Crippen LogP contribution in [0.3, 0.4) is 0 Å². The van der Waals surface area contributed by atoms with Crippen LogP contribution in [0, 0.1) is 0 Å². The molecular formula is C8H21NO3. The molecule has 0 atom stereocenters. The first-order valence-corrected chi connectivity index (χ1v) is 4.18. The third kappa shape index (κ3) is 12.5. The summed E-state index contributed by atoms with van der Waals surface area (Å²) in [5.41, 5.74) is 0. The SMILES string of the molecule is C1COCCO1.CCCCO.N. The first-order valence-electron chi connectivity index (χ1n) is 4.18. The van der Waals surface area contributed by atoms with Crippen LogP contribution in [0.2, 0.25) is 0 Å². The van der Waals surface area contributed by atoms with Gasteiger partial charge in [-0.25, -0.2) is 0 Å². The Hall–Kier alpha value is -0.160. The number of ether oxygens (including phenoxy) is 2. The van der Waals surface area contributed by atoms with Crippen molar-refractivity contribution in [2.24, 2.45) is 0 Å². The molecule has 1 fully saturated rings. The first kappa shape index (κ1) is 14.4. The van der Waals surface area contributed by atoms with Crippen LogP contribution in [-0.4, -0.2) is 38.1 Å². The van der Waals surface area contributed by atoms with Crippen molar-refractivity contribution in [3.63, 3.8) is 0 Å². The van der Waals surface area contributed by atoms with E-state index in [1.54, 1.807) is 0 Å². The summed E-state index contributed by atoms with van der Waals surface area (Å²) >= 11 is 0. The zero-order valence-electron chi connectivity index (χ0n) is 7.92. The van der Waals surface area contributed by atoms with Crippen molar-refractivity contribution in [1.82, 2.24) is 6.15 Å². The summed E-state index contributed by atoms with van der Waals surface area (Å²) in [6.45, 7) is 5.51. The topological polar surface area (TPSA) is 73.7 Å². The average Bonchev–Trinajstić information content (AvgIpc) is 2.10. The lowest BCUT2D eigenvalue weighted by Crippen LogP contribution is -2.16. The third-order valence-corrected chi connectivity index (χ3v) is 1.26. The number of unbranched alkanes of at least 4 members (excludes halogenated alkanes) is 1. The number of aliphatic hydroxyl groups excluding tert-OH is 1. The van der Waals surface area contributed by atoms with Gasteiger partial charge < -0.3 is 20.7 Å². The highest BCUT2D eigenvalue weighted by atomic mass is 16.6. The van der Waals surface area contributed by atoms with E-state index in [0.29, 0.717) is 6.61 Å². The van der Waals surface area contributed by atoms with Gasteiger partial charge in [0.05, 0.1) is 26.4 Å². The monoisotopic (exact) mass is 179 g/mol. The molecule has 76 valence electrons. The van der Waals surface area contributed by atoms with E-state index in [9.17, 15) is 0 Å². The fourth-order valence-corrected chi connectivity index (χ4v) is 0.598. The lowest BCUT2D eigenvalue weighted by molar-refractivity contribution is -0.0334. The van der Waals surface area contributed by atoms with Crippen molar-refractivity contribution in [2.45, 2.75) is 19.8 Å². The van der Waals surface area contributed by atoms with Crippen molar-refractivity contribution >= 4 is 0 Å².